The Morgan fingerprint density at radius 2 is 2.18 bits per heavy atom. The van der Waals surface area contributed by atoms with Gasteiger partial charge in [-0.3, -0.25) is 0 Å². The molecule has 0 unspecified atom stereocenters. The molecule has 0 aliphatic rings. The predicted molar refractivity (Wildman–Crippen MR) is 74.2 cm³/mol. The van der Waals surface area contributed by atoms with Crippen LogP contribution >= 0.6 is 35.0 Å². The fourth-order valence-electron chi connectivity index (χ4n) is 1.17. The first kappa shape index (κ1) is 14.5. The summed E-state index contributed by atoms with van der Waals surface area (Å²) in [6.07, 6.45) is 0. The molecule has 0 bridgehead atoms. The molecular formula is C11H13Cl2NO2S. The number of hydrogen-bond acceptors (Lipinski definition) is 4. The van der Waals surface area contributed by atoms with Gasteiger partial charge in [-0.1, -0.05) is 30.1 Å². The first-order valence-electron chi connectivity index (χ1n) is 5.05. The summed E-state index contributed by atoms with van der Waals surface area (Å²) in [4.78, 5) is 11.7. The van der Waals surface area contributed by atoms with Crippen molar-refractivity contribution in [2.75, 3.05) is 23.8 Å². The van der Waals surface area contributed by atoms with Gasteiger partial charge in [-0.05, 0) is 17.9 Å². The van der Waals surface area contributed by atoms with Gasteiger partial charge in [-0.15, -0.1) is 0 Å². The minimum absolute atomic E-state index is 0.175. The van der Waals surface area contributed by atoms with Crippen LogP contribution in [0.4, 0.5) is 5.69 Å². The Hall–Kier alpha value is -0.580. The van der Waals surface area contributed by atoms with E-state index in [1.165, 1.54) is 12.1 Å². The Labute approximate surface area is 115 Å². The van der Waals surface area contributed by atoms with Crippen LogP contribution in [0.5, 0.6) is 0 Å². The van der Waals surface area contributed by atoms with Crippen LogP contribution in [0.1, 0.15) is 17.3 Å². The molecule has 0 atom stereocenters. The van der Waals surface area contributed by atoms with E-state index < -0.39 is 5.97 Å². The smallest absolute Gasteiger partial charge is 0.339 e. The van der Waals surface area contributed by atoms with Crippen molar-refractivity contribution in [3.05, 3.63) is 27.7 Å². The molecule has 0 saturated heterocycles. The largest absolute Gasteiger partial charge is 0.461 e. The average molecular weight is 294 g/mol. The van der Waals surface area contributed by atoms with Gasteiger partial charge in [0.15, 0.2) is 0 Å². The van der Waals surface area contributed by atoms with Gasteiger partial charge in [0.1, 0.15) is 6.61 Å². The van der Waals surface area contributed by atoms with Crippen LogP contribution in [-0.4, -0.2) is 24.1 Å². The van der Waals surface area contributed by atoms with Crippen molar-refractivity contribution < 1.29 is 9.53 Å². The van der Waals surface area contributed by atoms with Gasteiger partial charge < -0.3 is 10.5 Å². The second-order valence-electron chi connectivity index (χ2n) is 3.20. The van der Waals surface area contributed by atoms with E-state index in [9.17, 15) is 4.79 Å². The number of hydrogen-bond donors (Lipinski definition) is 1. The molecule has 1 rings (SSSR count). The Bertz CT molecular complexity index is 413. The number of carbonyl (C=O) groups excluding carboxylic acids is 1. The molecule has 94 valence electrons. The molecule has 1 aromatic carbocycles. The Balaban J connectivity index is 2.69. The molecule has 0 spiro atoms. The van der Waals surface area contributed by atoms with Gasteiger partial charge in [0.25, 0.3) is 0 Å². The predicted octanol–water partition coefficient (Wildman–Crippen LogP) is 3.49. The molecule has 0 radical (unpaired) electrons. The van der Waals surface area contributed by atoms with Gasteiger partial charge in [0.2, 0.25) is 0 Å². The number of anilines is 1. The van der Waals surface area contributed by atoms with Crippen molar-refractivity contribution in [1.29, 1.82) is 0 Å². The minimum Gasteiger partial charge on any atom is -0.461 e. The number of carbonyl (C=O) groups is 1. The van der Waals surface area contributed by atoms with E-state index in [-0.39, 0.29) is 15.6 Å². The van der Waals surface area contributed by atoms with Crippen molar-refractivity contribution in [1.82, 2.24) is 0 Å². The number of thioether (sulfide) groups is 1. The fourth-order valence-corrected chi connectivity index (χ4v) is 2.08. The molecule has 1 aromatic rings. The molecule has 0 fully saturated rings. The minimum atomic E-state index is -0.499. The lowest BCUT2D eigenvalue weighted by atomic mass is 10.2. The fraction of sp³-hybridized carbons (Fsp3) is 0.364. The van der Waals surface area contributed by atoms with Gasteiger partial charge in [0.05, 0.1) is 15.6 Å². The second kappa shape index (κ2) is 6.99. The number of nitrogen functional groups attached to an aromatic ring is 1. The summed E-state index contributed by atoms with van der Waals surface area (Å²) in [6.45, 7) is 2.39. The first-order chi connectivity index (χ1) is 8.06. The maximum Gasteiger partial charge on any atom is 0.339 e. The number of esters is 1. The van der Waals surface area contributed by atoms with E-state index in [2.05, 4.69) is 0 Å². The maximum atomic E-state index is 11.7. The molecule has 0 aliphatic carbocycles. The summed E-state index contributed by atoms with van der Waals surface area (Å²) in [5, 5.41) is 0.426. The van der Waals surface area contributed by atoms with E-state index in [0.29, 0.717) is 12.3 Å². The SMILES string of the molecule is CCSCCOC(=O)c1cc(N)cc(Cl)c1Cl. The number of benzene rings is 1. The first-order valence-corrected chi connectivity index (χ1v) is 6.96. The summed E-state index contributed by atoms with van der Waals surface area (Å²) in [6, 6.07) is 2.96. The lowest BCUT2D eigenvalue weighted by Gasteiger charge is -2.08. The van der Waals surface area contributed by atoms with Crippen LogP contribution in [0.15, 0.2) is 12.1 Å². The third-order valence-electron chi connectivity index (χ3n) is 1.94. The lowest BCUT2D eigenvalue weighted by molar-refractivity contribution is 0.0530. The van der Waals surface area contributed by atoms with Gasteiger partial charge in [-0.25, -0.2) is 4.79 Å². The third kappa shape index (κ3) is 4.30. The summed E-state index contributed by atoms with van der Waals surface area (Å²) < 4.78 is 5.06. The van der Waals surface area contributed by atoms with Gasteiger partial charge >= 0.3 is 5.97 Å². The summed E-state index contributed by atoms with van der Waals surface area (Å²) >= 11 is 13.4. The van der Waals surface area contributed by atoms with E-state index in [1.54, 1.807) is 11.8 Å². The van der Waals surface area contributed by atoms with Crippen molar-refractivity contribution in [3.63, 3.8) is 0 Å². The highest BCUT2D eigenvalue weighted by atomic mass is 35.5. The quantitative estimate of drug-likeness (QED) is 0.513. The number of rotatable bonds is 5. The highest BCUT2D eigenvalue weighted by Gasteiger charge is 2.15. The Morgan fingerprint density at radius 3 is 2.82 bits per heavy atom. The molecule has 2 N–H and O–H groups in total. The van der Waals surface area contributed by atoms with Crippen molar-refractivity contribution in [2.24, 2.45) is 0 Å². The van der Waals surface area contributed by atoms with E-state index in [0.717, 1.165) is 11.5 Å². The molecule has 0 amide bonds. The molecule has 17 heavy (non-hydrogen) atoms. The van der Waals surface area contributed by atoms with Crippen molar-refractivity contribution in [2.45, 2.75) is 6.92 Å². The molecule has 0 saturated carbocycles. The number of nitrogens with two attached hydrogens (primary N) is 1. The maximum absolute atomic E-state index is 11.7. The molecule has 0 aromatic heterocycles. The van der Waals surface area contributed by atoms with E-state index in [1.807, 2.05) is 6.92 Å². The summed E-state index contributed by atoms with van der Waals surface area (Å²) in [7, 11) is 0. The standard InChI is InChI=1S/C11H13Cl2NO2S/c1-2-17-4-3-16-11(15)8-5-7(14)6-9(12)10(8)13/h5-6H,2-4,14H2,1H3. The Kier molecular flexibility index (Phi) is 5.95. The molecule has 6 heteroatoms. The topological polar surface area (TPSA) is 52.3 Å². The zero-order valence-electron chi connectivity index (χ0n) is 9.33. The molecule has 3 nitrogen and oxygen atoms in total. The van der Waals surface area contributed by atoms with E-state index in [4.69, 9.17) is 33.7 Å². The Morgan fingerprint density at radius 1 is 1.47 bits per heavy atom. The highest BCUT2D eigenvalue weighted by molar-refractivity contribution is 7.99. The highest BCUT2D eigenvalue weighted by Crippen LogP contribution is 2.29. The summed E-state index contributed by atoms with van der Waals surface area (Å²) in [5.74, 6) is 1.25. The van der Waals surface area contributed by atoms with Crippen LogP contribution in [0.3, 0.4) is 0 Å². The van der Waals surface area contributed by atoms with Gasteiger partial charge in [-0.2, -0.15) is 11.8 Å². The van der Waals surface area contributed by atoms with E-state index >= 15 is 0 Å². The zero-order valence-corrected chi connectivity index (χ0v) is 11.7. The number of halogens is 2. The molecule has 0 aliphatic heterocycles. The van der Waals surface area contributed by atoms with Crippen molar-refractivity contribution in [3.8, 4) is 0 Å². The van der Waals surface area contributed by atoms with Crippen molar-refractivity contribution >= 4 is 46.6 Å². The normalized spacial score (nSPS) is 10.3. The van der Waals surface area contributed by atoms with Crippen LogP contribution in [0.2, 0.25) is 10.0 Å². The molecule has 0 heterocycles. The monoisotopic (exact) mass is 293 g/mol. The van der Waals surface area contributed by atoms with Gasteiger partial charge in [0, 0.05) is 11.4 Å². The number of ether oxygens (including phenoxy) is 1. The van der Waals surface area contributed by atoms with Crippen LogP contribution in [0, 0.1) is 0 Å². The second-order valence-corrected chi connectivity index (χ2v) is 5.38. The van der Waals surface area contributed by atoms with Crippen LogP contribution < -0.4 is 5.73 Å². The zero-order chi connectivity index (χ0) is 12.8. The average Bonchev–Trinajstić information content (AvgIpc) is 2.29. The third-order valence-corrected chi connectivity index (χ3v) is 3.60. The summed E-state index contributed by atoms with van der Waals surface area (Å²) in [5.41, 5.74) is 6.18. The van der Waals surface area contributed by atoms with Crippen LogP contribution in [-0.2, 0) is 4.74 Å². The van der Waals surface area contributed by atoms with Crippen LogP contribution in [0.25, 0.3) is 0 Å². The molecular weight excluding hydrogens is 281 g/mol. The lowest BCUT2D eigenvalue weighted by Crippen LogP contribution is -2.09.